The Bertz CT molecular complexity index is 566. The second-order valence-electron chi connectivity index (χ2n) is 4.33. The fourth-order valence-electron chi connectivity index (χ4n) is 1.99. The summed E-state index contributed by atoms with van der Waals surface area (Å²) in [4.78, 5) is 6.66. The molecule has 0 saturated heterocycles. The molecule has 3 nitrogen and oxygen atoms in total. The van der Waals surface area contributed by atoms with Crippen molar-refractivity contribution in [2.45, 2.75) is 13.8 Å². The highest BCUT2D eigenvalue weighted by Gasteiger charge is 2.04. The van der Waals surface area contributed by atoms with Gasteiger partial charge in [0, 0.05) is 35.1 Å². The van der Waals surface area contributed by atoms with Crippen LogP contribution in [0.4, 0.5) is 17.2 Å². The topological polar surface area (TPSA) is 28.2 Å². The van der Waals surface area contributed by atoms with Gasteiger partial charge in [0.1, 0.15) is 5.82 Å². The number of aromatic nitrogens is 1. The van der Waals surface area contributed by atoms with Gasteiger partial charge in [-0.2, -0.15) is 0 Å². The molecular weight excluding hydrogens is 382 g/mol. The van der Waals surface area contributed by atoms with Crippen molar-refractivity contribution >= 4 is 49.1 Å². The van der Waals surface area contributed by atoms with Crippen molar-refractivity contribution in [2.24, 2.45) is 0 Å². The van der Waals surface area contributed by atoms with E-state index in [1.807, 2.05) is 6.07 Å². The van der Waals surface area contributed by atoms with E-state index in [1.165, 1.54) is 5.69 Å². The summed E-state index contributed by atoms with van der Waals surface area (Å²) in [5.74, 6) is 0.809. The molecule has 0 aliphatic heterocycles. The van der Waals surface area contributed by atoms with Crippen LogP contribution in [0.25, 0.3) is 0 Å². The molecule has 0 saturated carbocycles. The Kier molecular flexibility index (Phi) is 5.43. The number of hydrogen-bond donors (Lipinski definition) is 1. The molecule has 0 bridgehead atoms. The summed E-state index contributed by atoms with van der Waals surface area (Å²) in [7, 11) is 0. The maximum Gasteiger partial charge on any atom is 0.144 e. The summed E-state index contributed by atoms with van der Waals surface area (Å²) in [5.41, 5.74) is 2.26. The first-order valence-corrected chi connectivity index (χ1v) is 8.15. The van der Waals surface area contributed by atoms with Crippen LogP contribution in [0.1, 0.15) is 13.8 Å². The van der Waals surface area contributed by atoms with Crippen molar-refractivity contribution in [2.75, 3.05) is 23.3 Å². The van der Waals surface area contributed by atoms with Crippen molar-refractivity contribution < 1.29 is 0 Å². The average Bonchev–Trinajstić information content (AvgIpc) is 2.45. The van der Waals surface area contributed by atoms with Crippen LogP contribution in [0.2, 0.25) is 0 Å². The van der Waals surface area contributed by atoms with Gasteiger partial charge < -0.3 is 10.2 Å². The summed E-state index contributed by atoms with van der Waals surface area (Å²) < 4.78 is 1.88. The summed E-state index contributed by atoms with van der Waals surface area (Å²) in [6.45, 7) is 6.36. The van der Waals surface area contributed by atoms with Gasteiger partial charge in [-0.1, -0.05) is 0 Å². The van der Waals surface area contributed by atoms with Gasteiger partial charge in [-0.3, -0.25) is 0 Å². The molecule has 0 fully saturated rings. The maximum absolute atomic E-state index is 4.35. The standard InChI is InChI=1S/C15H17Br2N3/c1-3-20(4-2)13-7-5-12(6-8-13)19-15-14(17)9-11(16)10-18-15/h5-10H,3-4H2,1-2H3,(H,18,19). The monoisotopic (exact) mass is 397 g/mol. The third-order valence-electron chi connectivity index (χ3n) is 3.07. The highest BCUT2D eigenvalue weighted by Crippen LogP contribution is 2.27. The molecule has 0 unspecified atom stereocenters. The zero-order chi connectivity index (χ0) is 14.5. The van der Waals surface area contributed by atoms with Crippen LogP contribution in [-0.4, -0.2) is 18.1 Å². The van der Waals surface area contributed by atoms with E-state index in [4.69, 9.17) is 0 Å². The van der Waals surface area contributed by atoms with E-state index in [0.717, 1.165) is 33.5 Å². The largest absolute Gasteiger partial charge is 0.372 e. The molecule has 1 aromatic heterocycles. The lowest BCUT2D eigenvalue weighted by atomic mass is 10.2. The first-order valence-electron chi connectivity index (χ1n) is 6.57. The first-order chi connectivity index (χ1) is 9.63. The molecule has 0 radical (unpaired) electrons. The summed E-state index contributed by atoms with van der Waals surface area (Å²) >= 11 is 6.90. The van der Waals surface area contributed by atoms with Crippen LogP contribution in [0.3, 0.4) is 0 Å². The number of halogens is 2. The third kappa shape index (κ3) is 3.73. The molecule has 0 amide bonds. The van der Waals surface area contributed by atoms with Crippen molar-refractivity contribution in [3.63, 3.8) is 0 Å². The van der Waals surface area contributed by atoms with Gasteiger partial charge in [0.2, 0.25) is 0 Å². The number of rotatable bonds is 5. The molecular formula is C15H17Br2N3. The zero-order valence-electron chi connectivity index (χ0n) is 11.5. The zero-order valence-corrected chi connectivity index (χ0v) is 14.7. The number of nitrogens with one attached hydrogen (secondary N) is 1. The molecule has 1 N–H and O–H groups in total. The molecule has 1 aromatic carbocycles. The lowest BCUT2D eigenvalue weighted by Gasteiger charge is -2.21. The SMILES string of the molecule is CCN(CC)c1ccc(Nc2ncc(Br)cc2Br)cc1. The van der Waals surface area contributed by atoms with Gasteiger partial charge in [-0.25, -0.2) is 4.98 Å². The van der Waals surface area contributed by atoms with E-state index < -0.39 is 0 Å². The second-order valence-corrected chi connectivity index (χ2v) is 6.10. The van der Waals surface area contributed by atoms with Crippen molar-refractivity contribution in [1.29, 1.82) is 0 Å². The predicted molar refractivity (Wildman–Crippen MR) is 92.9 cm³/mol. The van der Waals surface area contributed by atoms with Crippen molar-refractivity contribution in [3.05, 3.63) is 45.5 Å². The van der Waals surface area contributed by atoms with E-state index in [9.17, 15) is 0 Å². The fraction of sp³-hybridized carbons (Fsp3) is 0.267. The fourth-order valence-corrected chi connectivity index (χ4v) is 3.07. The van der Waals surface area contributed by atoms with Crippen LogP contribution in [0, 0.1) is 0 Å². The molecule has 1 heterocycles. The van der Waals surface area contributed by atoms with Gasteiger partial charge >= 0.3 is 0 Å². The van der Waals surface area contributed by atoms with Gasteiger partial charge in [0.05, 0.1) is 4.47 Å². The Hall–Kier alpha value is -1.07. The predicted octanol–water partition coefficient (Wildman–Crippen LogP) is 5.20. The lowest BCUT2D eigenvalue weighted by Crippen LogP contribution is -2.21. The van der Waals surface area contributed by atoms with Gasteiger partial charge in [0.25, 0.3) is 0 Å². The molecule has 2 aromatic rings. The maximum atomic E-state index is 4.35. The van der Waals surface area contributed by atoms with Crippen LogP contribution in [0.5, 0.6) is 0 Å². The van der Waals surface area contributed by atoms with Gasteiger partial charge in [-0.05, 0) is 76.0 Å². The minimum Gasteiger partial charge on any atom is -0.372 e. The average molecular weight is 399 g/mol. The Labute approximate surface area is 136 Å². The molecule has 0 aliphatic carbocycles. The molecule has 106 valence electrons. The van der Waals surface area contributed by atoms with E-state index in [1.54, 1.807) is 6.20 Å². The minimum atomic E-state index is 0.809. The van der Waals surface area contributed by atoms with Crippen LogP contribution >= 0.6 is 31.9 Å². The second kappa shape index (κ2) is 7.09. The Morgan fingerprint density at radius 3 is 2.30 bits per heavy atom. The van der Waals surface area contributed by atoms with Crippen LogP contribution in [-0.2, 0) is 0 Å². The summed E-state index contributed by atoms with van der Waals surface area (Å²) in [5, 5.41) is 3.30. The highest BCUT2D eigenvalue weighted by atomic mass is 79.9. The molecule has 0 atom stereocenters. The quantitative estimate of drug-likeness (QED) is 0.750. The van der Waals surface area contributed by atoms with E-state index in [2.05, 4.69) is 85.2 Å². The van der Waals surface area contributed by atoms with E-state index >= 15 is 0 Å². The van der Waals surface area contributed by atoms with E-state index in [-0.39, 0.29) is 0 Å². The Balaban J connectivity index is 2.14. The van der Waals surface area contributed by atoms with Gasteiger partial charge in [0.15, 0.2) is 0 Å². The van der Waals surface area contributed by atoms with Crippen LogP contribution < -0.4 is 10.2 Å². The Morgan fingerprint density at radius 2 is 1.75 bits per heavy atom. The minimum absolute atomic E-state index is 0.809. The number of nitrogens with zero attached hydrogens (tertiary/aromatic N) is 2. The number of benzene rings is 1. The third-order valence-corrected chi connectivity index (χ3v) is 4.10. The normalized spacial score (nSPS) is 10.4. The van der Waals surface area contributed by atoms with Crippen LogP contribution in [0.15, 0.2) is 45.5 Å². The molecule has 2 rings (SSSR count). The lowest BCUT2D eigenvalue weighted by molar-refractivity contribution is 0.866. The first kappa shape index (κ1) is 15.3. The smallest absolute Gasteiger partial charge is 0.144 e. The number of pyridine rings is 1. The highest BCUT2D eigenvalue weighted by molar-refractivity contribution is 9.11. The van der Waals surface area contributed by atoms with Crippen molar-refractivity contribution in [1.82, 2.24) is 4.98 Å². The summed E-state index contributed by atoms with van der Waals surface area (Å²) in [6, 6.07) is 10.4. The number of anilines is 3. The molecule has 5 heteroatoms. The van der Waals surface area contributed by atoms with E-state index in [0.29, 0.717) is 0 Å². The molecule has 0 spiro atoms. The molecule has 0 aliphatic rings. The Morgan fingerprint density at radius 1 is 1.10 bits per heavy atom. The summed E-state index contributed by atoms with van der Waals surface area (Å²) in [6.07, 6.45) is 1.78. The van der Waals surface area contributed by atoms with Gasteiger partial charge in [-0.15, -0.1) is 0 Å². The molecule has 20 heavy (non-hydrogen) atoms. The number of hydrogen-bond acceptors (Lipinski definition) is 3. The van der Waals surface area contributed by atoms with Crippen molar-refractivity contribution in [3.8, 4) is 0 Å².